The highest BCUT2D eigenvalue weighted by Gasteiger charge is 2.37. The number of anilines is 1. The molecular weight excluding hydrogens is 494 g/mol. The van der Waals surface area contributed by atoms with Crippen LogP contribution in [0.5, 0.6) is 0 Å². The van der Waals surface area contributed by atoms with Crippen LogP contribution in [0, 0.1) is 5.41 Å². The average Bonchev–Trinajstić information content (AvgIpc) is 2.78. The number of allylic oxidation sites excluding steroid dienone is 1. The lowest BCUT2D eigenvalue weighted by molar-refractivity contribution is -0.0944. The van der Waals surface area contributed by atoms with Crippen LogP contribution in [-0.4, -0.2) is 78.3 Å². The molecule has 8 nitrogen and oxygen atoms in total. The number of hydrogen-bond donors (Lipinski definition) is 2. The van der Waals surface area contributed by atoms with Crippen LogP contribution in [0.3, 0.4) is 0 Å². The Hall–Kier alpha value is -2.04. The summed E-state index contributed by atoms with van der Waals surface area (Å²) in [4.78, 5) is 15.6. The maximum atomic E-state index is 15.2. The van der Waals surface area contributed by atoms with Gasteiger partial charge in [-0.2, -0.15) is 0 Å². The van der Waals surface area contributed by atoms with Gasteiger partial charge in [0.15, 0.2) is 0 Å². The zero-order chi connectivity index (χ0) is 24.6. The van der Waals surface area contributed by atoms with E-state index in [9.17, 15) is 0 Å². The normalized spacial score (nSPS) is 25.8. The van der Waals surface area contributed by atoms with E-state index in [1.54, 1.807) is 12.3 Å². The summed E-state index contributed by atoms with van der Waals surface area (Å²) >= 11 is 13.0. The van der Waals surface area contributed by atoms with Crippen molar-refractivity contribution in [1.29, 1.82) is 0 Å². The molecule has 0 radical (unpaired) electrons. The molecule has 3 fully saturated rings. The van der Waals surface area contributed by atoms with Crippen LogP contribution < -0.4 is 11.1 Å². The zero-order valence-electron chi connectivity index (χ0n) is 19.5. The monoisotopic (exact) mass is 522 g/mol. The Labute approximate surface area is 213 Å². The summed E-state index contributed by atoms with van der Waals surface area (Å²) in [7, 11) is 0. The molecule has 2 unspecified atom stereocenters. The molecule has 3 saturated heterocycles. The Morgan fingerprint density at radius 2 is 2.17 bits per heavy atom. The molecule has 2 aromatic rings. The minimum Gasteiger partial charge on any atom is -0.403 e. The molecular formula is C24H29Cl2FN6O2. The maximum absolute atomic E-state index is 15.2. The molecule has 11 heteroatoms. The van der Waals surface area contributed by atoms with Gasteiger partial charge in [-0.05, 0) is 30.7 Å². The highest BCUT2D eigenvalue weighted by molar-refractivity contribution is 6.69. The average molecular weight is 523 g/mol. The van der Waals surface area contributed by atoms with Gasteiger partial charge < -0.3 is 20.5 Å². The van der Waals surface area contributed by atoms with Crippen molar-refractivity contribution >= 4 is 45.2 Å². The van der Waals surface area contributed by atoms with Crippen molar-refractivity contribution in [3.63, 3.8) is 0 Å². The topological polar surface area (TPSA) is 97.9 Å². The number of ether oxygens (including phenoxy) is 2. The first-order valence-corrected chi connectivity index (χ1v) is 12.5. The van der Waals surface area contributed by atoms with E-state index in [1.807, 2.05) is 6.07 Å². The smallest absolute Gasteiger partial charge is 0.227 e. The van der Waals surface area contributed by atoms with Gasteiger partial charge in [0.05, 0.1) is 50.2 Å². The molecule has 1 aromatic carbocycles. The number of rotatable bonds is 7. The predicted molar refractivity (Wildman–Crippen MR) is 136 cm³/mol. The lowest BCUT2D eigenvalue weighted by Crippen LogP contribution is -2.54. The summed E-state index contributed by atoms with van der Waals surface area (Å²) in [5, 5.41) is 4.57. The molecule has 35 heavy (non-hydrogen) atoms. The number of fused-ring (bicyclic) bond motifs is 1. The van der Waals surface area contributed by atoms with E-state index < -0.39 is 6.17 Å². The fourth-order valence-electron chi connectivity index (χ4n) is 4.63. The SMILES string of the molecule is CC1(CN=C(Cl)C(=CN)Nc2ncc3cc(Cl)c(C4CCN(C5COC5)CC4F)cc3n2)COC1. The lowest BCUT2D eigenvalue weighted by Gasteiger charge is -2.43. The first-order valence-electron chi connectivity index (χ1n) is 11.7. The number of nitrogens with zero attached hydrogens (tertiary/aromatic N) is 4. The minimum absolute atomic E-state index is 0.00888. The van der Waals surface area contributed by atoms with Crippen LogP contribution in [0.1, 0.15) is 24.8 Å². The van der Waals surface area contributed by atoms with Gasteiger partial charge in [0, 0.05) is 40.7 Å². The molecule has 0 aliphatic carbocycles. The van der Waals surface area contributed by atoms with E-state index in [4.69, 9.17) is 38.4 Å². The van der Waals surface area contributed by atoms with Crippen LogP contribution in [-0.2, 0) is 9.47 Å². The number of hydrogen-bond acceptors (Lipinski definition) is 8. The molecule has 5 rings (SSSR count). The molecule has 0 saturated carbocycles. The summed E-state index contributed by atoms with van der Waals surface area (Å²) in [5.41, 5.74) is 7.61. The molecule has 3 N–H and O–H groups in total. The number of alkyl halides is 1. The second-order valence-electron chi connectivity index (χ2n) is 9.84. The summed E-state index contributed by atoms with van der Waals surface area (Å²) in [6, 6.07) is 3.99. The van der Waals surface area contributed by atoms with Crippen molar-refractivity contribution in [2.24, 2.45) is 16.1 Å². The largest absolute Gasteiger partial charge is 0.403 e. The third-order valence-electron chi connectivity index (χ3n) is 6.94. The molecule has 3 aliphatic rings. The molecule has 1 aromatic heterocycles. The Balaban J connectivity index is 1.33. The summed E-state index contributed by atoms with van der Waals surface area (Å²) in [6.07, 6.45) is 2.68. The van der Waals surface area contributed by atoms with Crippen LogP contribution in [0.15, 0.2) is 35.2 Å². The van der Waals surface area contributed by atoms with Gasteiger partial charge in [0.1, 0.15) is 11.3 Å². The van der Waals surface area contributed by atoms with Crippen LogP contribution >= 0.6 is 23.2 Å². The zero-order valence-corrected chi connectivity index (χ0v) is 21.0. The second-order valence-corrected chi connectivity index (χ2v) is 10.6. The van der Waals surface area contributed by atoms with E-state index in [0.717, 1.165) is 17.5 Å². The molecule has 188 valence electrons. The van der Waals surface area contributed by atoms with Gasteiger partial charge in [0.25, 0.3) is 0 Å². The maximum Gasteiger partial charge on any atom is 0.227 e. The third-order valence-corrected chi connectivity index (χ3v) is 7.59. The molecule has 0 spiro atoms. The van der Waals surface area contributed by atoms with Crippen molar-refractivity contribution in [2.75, 3.05) is 51.4 Å². The number of piperidine rings is 1. The number of nitrogens with one attached hydrogen (secondary N) is 1. The van der Waals surface area contributed by atoms with Crippen LogP contribution in [0.4, 0.5) is 10.3 Å². The molecule has 0 amide bonds. The van der Waals surface area contributed by atoms with Gasteiger partial charge in [-0.15, -0.1) is 0 Å². The Morgan fingerprint density at radius 1 is 1.37 bits per heavy atom. The first kappa shape index (κ1) is 24.6. The van der Waals surface area contributed by atoms with Crippen molar-refractivity contribution in [1.82, 2.24) is 14.9 Å². The minimum atomic E-state index is -1.01. The third kappa shape index (κ3) is 5.24. The highest BCUT2D eigenvalue weighted by Crippen LogP contribution is 2.37. The summed E-state index contributed by atoms with van der Waals surface area (Å²) < 4.78 is 25.7. The molecule has 0 bridgehead atoms. The van der Waals surface area contributed by atoms with E-state index >= 15 is 4.39 Å². The van der Waals surface area contributed by atoms with Crippen LogP contribution in [0.2, 0.25) is 5.02 Å². The number of benzene rings is 1. The highest BCUT2D eigenvalue weighted by atomic mass is 35.5. The standard InChI is InChI=1S/C24H29Cl2FN6O2/c1-24(12-35-13-24)11-30-22(26)21(6-28)32-23-29-7-14-4-18(25)17(5-20(14)31-23)16-2-3-33(8-19(16)27)15-9-34-10-15/h4-7,15-16,19H,2-3,8-13,28H2,1H3,(H,29,31,32). The fourth-order valence-corrected chi connectivity index (χ4v) is 5.11. The van der Waals surface area contributed by atoms with Gasteiger partial charge in [-0.3, -0.25) is 9.89 Å². The van der Waals surface area contributed by atoms with E-state index in [0.29, 0.717) is 74.2 Å². The van der Waals surface area contributed by atoms with Gasteiger partial charge >= 0.3 is 0 Å². The Bertz CT molecular complexity index is 1150. The lowest BCUT2D eigenvalue weighted by atomic mass is 9.86. The summed E-state index contributed by atoms with van der Waals surface area (Å²) in [6.45, 7) is 6.50. The number of halogens is 3. The van der Waals surface area contributed by atoms with Crippen molar-refractivity contribution < 1.29 is 13.9 Å². The van der Waals surface area contributed by atoms with Gasteiger partial charge in [-0.25, -0.2) is 14.4 Å². The second kappa shape index (κ2) is 10.1. The van der Waals surface area contributed by atoms with Crippen LogP contribution in [0.25, 0.3) is 10.9 Å². The van der Waals surface area contributed by atoms with E-state index in [2.05, 4.69) is 32.1 Å². The molecule has 4 heterocycles. The quantitative estimate of drug-likeness (QED) is 0.535. The van der Waals surface area contributed by atoms with Gasteiger partial charge in [-0.1, -0.05) is 30.1 Å². The van der Waals surface area contributed by atoms with Gasteiger partial charge in [0.2, 0.25) is 5.95 Å². The number of aromatic nitrogens is 2. The van der Waals surface area contributed by atoms with Crippen molar-refractivity contribution in [3.8, 4) is 0 Å². The fraction of sp³-hybridized carbons (Fsp3) is 0.542. The Kier molecular flexibility index (Phi) is 7.14. The number of nitrogens with two attached hydrogens (primary N) is 1. The van der Waals surface area contributed by atoms with E-state index in [-0.39, 0.29) is 16.5 Å². The number of aliphatic imine (C=N–C) groups is 1. The van der Waals surface area contributed by atoms with E-state index in [1.165, 1.54) is 6.20 Å². The number of likely N-dealkylation sites (tertiary alicyclic amines) is 1. The Morgan fingerprint density at radius 3 is 2.80 bits per heavy atom. The molecule has 3 aliphatic heterocycles. The van der Waals surface area contributed by atoms with Crippen molar-refractivity contribution in [2.45, 2.75) is 31.5 Å². The molecule has 2 atom stereocenters. The first-order chi connectivity index (χ1) is 16.8. The predicted octanol–water partition coefficient (Wildman–Crippen LogP) is 3.70. The van der Waals surface area contributed by atoms with Crippen molar-refractivity contribution in [3.05, 3.63) is 40.8 Å². The summed E-state index contributed by atoms with van der Waals surface area (Å²) in [5.74, 6) is 0.0269.